The van der Waals surface area contributed by atoms with Crippen molar-refractivity contribution in [2.75, 3.05) is 16.4 Å². The van der Waals surface area contributed by atoms with Gasteiger partial charge >= 0.3 is 0 Å². The van der Waals surface area contributed by atoms with Crippen LogP contribution in [0, 0.1) is 0 Å². The number of carbonyl (C=O) groups excluding carboxylic acids is 2. The zero-order valence-electron chi connectivity index (χ0n) is 17.8. The van der Waals surface area contributed by atoms with Crippen molar-refractivity contribution in [3.63, 3.8) is 0 Å². The Bertz CT molecular complexity index is 1060. The number of anilines is 2. The standard InChI is InChI=1S/C23H26N4O3S/c1-4-31(30)19-11-5-16(6-12-19)15-20(28)26-18-9-7-17(8-10-18)23(2,3)21(29)27-22-24-13-14-25-22/h5-14H,4,15H2,1-3H3,(H,26,28)(H2,24,25,27,29). The van der Waals surface area contributed by atoms with Crippen molar-refractivity contribution < 1.29 is 13.8 Å². The molecule has 7 nitrogen and oxygen atoms in total. The molecule has 0 spiro atoms. The second kappa shape index (κ2) is 9.70. The number of imidazole rings is 1. The predicted molar refractivity (Wildman–Crippen MR) is 122 cm³/mol. The maximum absolute atomic E-state index is 12.6. The van der Waals surface area contributed by atoms with Crippen LogP contribution in [-0.4, -0.2) is 31.7 Å². The van der Waals surface area contributed by atoms with E-state index in [1.807, 2.05) is 45.0 Å². The van der Waals surface area contributed by atoms with Gasteiger partial charge in [0.05, 0.1) is 22.6 Å². The van der Waals surface area contributed by atoms with E-state index in [0.717, 1.165) is 16.0 Å². The van der Waals surface area contributed by atoms with Crippen LogP contribution in [0.5, 0.6) is 0 Å². The van der Waals surface area contributed by atoms with E-state index in [0.29, 0.717) is 17.4 Å². The molecule has 31 heavy (non-hydrogen) atoms. The summed E-state index contributed by atoms with van der Waals surface area (Å²) in [5, 5.41) is 5.62. The number of hydrogen-bond donors (Lipinski definition) is 3. The summed E-state index contributed by atoms with van der Waals surface area (Å²) >= 11 is 0. The Morgan fingerprint density at radius 3 is 2.29 bits per heavy atom. The van der Waals surface area contributed by atoms with Gasteiger partial charge in [-0.2, -0.15) is 0 Å². The molecule has 0 saturated heterocycles. The first-order chi connectivity index (χ1) is 14.8. The fraction of sp³-hybridized carbons (Fsp3) is 0.261. The summed E-state index contributed by atoms with van der Waals surface area (Å²) in [5.74, 6) is 0.631. The number of aromatic nitrogens is 2. The van der Waals surface area contributed by atoms with Crippen LogP contribution in [0.1, 0.15) is 31.9 Å². The summed E-state index contributed by atoms with van der Waals surface area (Å²) < 4.78 is 11.8. The highest BCUT2D eigenvalue weighted by atomic mass is 32.2. The van der Waals surface area contributed by atoms with Gasteiger partial charge in [-0.3, -0.25) is 19.1 Å². The monoisotopic (exact) mass is 438 g/mol. The minimum absolute atomic E-state index is 0.146. The summed E-state index contributed by atoms with van der Waals surface area (Å²) in [6, 6.07) is 14.5. The molecule has 0 bridgehead atoms. The number of rotatable bonds is 8. The van der Waals surface area contributed by atoms with Gasteiger partial charge in [-0.25, -0.2) is 4.98 Å². The van der Waals surface area contributed by atoms with Gasteiger partial charge in [-0.05, 0) is 49.2 Å². The summed E-state index contributed by atoms with van der Waals surface area (Å²) in [4.78, 5) is 32.6. The van der Waals surface area contributed by atoms with Crippen LogP contribution in [-0.2, 0) is 32.2 Å². The molecule has 2 aromatic carbocycles. The second-order valence-electron chi connectivity index (χ2n) is 7.60. The topological polar surface area (TPSA) is 104 Å². The Morgan fingerprint density at radius 2 is 1.71 bits per heavy atom. The van der Waals surface area contributed by atoms with Gasteiger partial charge in [0.2, 0.25) is 17.8 Å². The van der Waals surface area contributed by atoms with E-state index in [1.54, 1.807) is 36.7 Å². The van der Waals surface area contributed by atoms with Gasteiger partial charge in [-0.1, -0.05) is 31.2 Å². The lowest BCUT2D eigenvalue weighted by Gasteiger charge is -2.23. The highest BCUT2D eigenvalue weighted by Gasteiger charge is 2.30. The lowest BCUT2D eigenvalue weighted by molar-refractivity contribution is -0.120. The van der Waals surface area contributed by atoms with Crippen LogP contribution in [0.3, 0.4) is 0 Å². The van der Waals surface area contributed by atoms with E-state index in [9.17, 15) is 13.8 Å². The minimum atomic E-state index is -1.000. The molecule has 2 amide bonds. The van der Waals surface area contributed by atoms with Crippen molar-refractivity contribution in [1.82, 2.24) is 9.97 Å². The molecule has 1 aromatic heterocycles. The molecule has 1 unspecified atom stereocenters. The predicted octanol–water partition coefficient (Wildman–Crippen LogP) is 3.63. The van der Waals surface area contributed by atoms with Crippen molar-refractivity contribution in [3.8, 4) is 0 Å². The molecule has 162 valence electrons. The fourth-order valence-corrected chi connectivity index (χ4v) is 3.79. The minimum Gasteiger partial charge on any atom is -0.331 e. The third-order valence-corrected chi connectivity index (χ3v) is 6.32. The zero-order valence-corrected chi connectivity index (χ0v) is 18.6. The van der Waals surface area contributed by atoms with E-state index >= 15 is 0 Å². The van der Waals surface area contributed by atoms with Gasteiger partial charge < -0.3 is 10.3 Å². The number of benzene rings is 2. The van der Waals surface area contributed by atoms with Gasteiger partial charge in [0.25, 0.3) is 0 Å². The molecule has 1 heterocycles. The number of amides is 2. The highest BCUT2D eigenvalue weighted by molar-refractivity contribution is 7.85. The molecular formula is C23H26N4O3S. The van der Waals surface area contributed by atoms with Crippen molar-refractivity contribution in [2.24, 2.45) is 0 Å². The van der Waals surface area contributed by atoms with Crippen LogP contribution in [0.25, 0.3) is 0 Å². The molecule has 3 rings (SSSR count). The summed E-state index contributed by atoms with van der Waals surface area (Å²) in [7, 11) is -1.000. The number of nitrogens with one attached hydrogen (secondary N) is 3. The Morgan fingerprint density at radius 1 is 1.03 bits per heavy atom. The van der Waals surface area contributed by atoms with Crippen molar-refractivity contribution in [3.05, 3.63) is 72.1 Å². The Balaban J connectivity index is 1.60. The third kappa shape index (κ3) is 5.67. The zero-order chi connectivity index (χ0) is 22.4. The third-order valence-electron chi connectivity index (χ3n) is 5.00. The summed E-state index contributed by atoms with van der Waals surface area (Å²) in [5.41, 5.74) is 1.53. The van der Waals surface area contributed by atoms with E-state index in [1.165, 1.54) is 0 Å². The summed E-state index contributed by atoms with van der Waals surface area (Å²) in [6.07, 6.45) is 3.43. The van der Waals surface area contributed by atoms with Gasteiger partial charge in [0.15, 0.2) is 0 Å². The normalized spacial score (nSPS) is 12.2. The Hall–Kier alpha value is -3.26. The van der Waals surface area contributed by atoms with Crippen molar-refractivity contribution in [1.29, 1.82) is 0 Å². The number of aromatic amines is 1. The first kappa shape index (κ1) is 22.4. The van der Waals surface area contributed by atoms with Crippen LogP contribution >= 0.6 is 0 Å². The largest absolute Gasteiger partial charge is 0.331 e. The molecule has 1 atom stereocenters. The quantitative estimate of drug-likeness (QED) is 0.499. The van der Waals surface area contributed by atoms with Crippen LogP contribution in [0.15, 0.2) is 65.8 Å². The van der Waals surface area contributed by atoms with E-state index in [2.05, 4.69) is 20.6 Å². The summed E-state index contributed by atoms with van der Waals surface area (Å²) in [6.45, 7) is 5.53. The van der Waals surface area contributed by atoms with E-state index in [-0.39, 0.29) is 18.2 Å². The van der Waals surface area contributed by atoms with Crippen LogP contribution < -0.4 is 10.6 Å². The lowest BCUT2D eigenvalue weighted by atomic mass is 9.83. The average molecular weight is 439 g/mol. The number of nitrogens with zero attached hydrogens (tertiary/aromatic N) is 1. The maximum Gasteiger partial charge on any atom is 0.236 e. The number of carbonyl (C=O) groups is 2. The SMILES string of the molecule is CCS(=O)c1ccc(CC(=O)Nc2ccc(C(C)(C)C(=O)Nc3ncc[nH]3)cc2)cc1. The Labute approximate surface area is 184 Å². The Kier molecular flexibility index (Phi) is 7.02. The fourth-order valence-electron chi connectivity index (χ4n) is 3.02. The van der Waals surface area contributed by atoms with Gasteiger partial charge in [0.1, 0.15) is 0 Å². The number of hydrogen-bond acceptors (Lipinski definition) is 4. The van der Waals surface area contributed by atoms with Crippen molar-refractivity contribution in [2.45, 2.75) is 37.5 Å². The molecule has 0 aliphatic rings. The molecule has 3 aromatic rings. The first-order valence-electron chi connectivity index (χ1n) is 9.98. The van der Waals surface area contributed by atoms with Gasteiger partial charge in [0, 0.05) is 28.7 Å². The molecule has 0 radical (unpaired) electrons. The molecule has 0 saturated carbocycles. The first-order valence-corrected chi connectivity index (χ1v) is 11.3. The van der Waals surface area contributed by atoms with Crippen LogP contribution in [0.4, 0.5) is 11.6 Å². The van der Waals surface area contributed by atoms with E-state index < -0.39 is 16.2 Å². The molecule has 8 heteroatoms. The highest BCUT2D eigenvalue weighted by Crippen LogP contribution is 2.26. The second-order valence-corrected chi connectivity index (χ2v) is 9.34. The van der Waals surface area contributed by atoms with Crippen molar-refractivity contribution >= 4 is 34.2 Å². The molecule has 0 aliphatic heterocycles. The molecule has 3 N–H and O–H groups in total. The smallest absolute Gasteiger partial charge is 0.236 e. The van der Waals surface area contributed by atoms with Gasteiger partial charge in [-0.15, -0.1) is 0 Å². The number of H-pyrrole nitrogens is 1. The molecule has 0 fully saturated rings. The van der Waals surface area contributed by atoms with E-state index in [4.69, 9.17) is 0 Å². The average Bonchev–Trinajstić information content (AvgIpc) is 3.27. The molecule has 0 aliphatic carbocycles. The lowest BCUT2D eigenvalue weighted by Crippen LogP contribution is -2.35. The van der Waals surface area contributed by atoms with Crippen LogP contribution in [0.2, 0.25) is 0 Å². The maximum atomic E-state index is 12.6. The molecular weight excluding hydrogens is 412 g/mol.